The lowest BCUT2D eigenvalue weighted by molar-refractivity contribution is 0.628. The summed E-state index contributed by atoms with van der Waals surface area (Å²) in [5.74, 6) is 0.0868. The Morgan fingerprint density at radius 1 is 1.25 bits per heavy atom. The number of nitrogen functional groups attached to an aromatic ring is 1. The van der Waals surface area contributed by atoms with E-state index in [2.05, 4.69) is 10.3 Å². The van der Waals surface area contributed by atoms with Crippen molar-refractivity contribution in [2.24, 2.45) is 0 Å². The summed E-state index contributed by atoms with van der Waals surface area (Å²) in [6.45, 7) is 0. The Kier molecular flexibility index (Phi) is 2.92. The van der Waals surface area contributed by atoms with Crippen LogP contribution >= 0.6 is 11.6 Å². The number of nitrogens with one attached hydrogen (secondary N) is 1. The fourth-order valence-electron chi connectivity index (χ4n) is 1.25. The van der Waals surface area contributed by atoms with E-state index < -0.39 is 0 Å². The zero-order valence-corrected chi connectivity index (χ0v) is 9.00. The third kappa shape index (κ3) is 2.41. The highest BCUT2D eigenvalue weighted by atomic mass is 35.5. The molecule has 0 aliphatic rings. The minimum Gasteiger partial charge on any atom is -0.396 e. The lowest BCUT2D eigenvalue weighted by Crippen LogP contribution is -1.99. The molecule has 0 amide bonds. The average Bonchev–Trinajstić information content (AvgIpc) is 2.24. The average molecular weight is 238 g/mol. The van der Waals surface area contributed by atoms with Crippen molar-refractivity contribution < 1.29 is 4.39 Å². The molecule has 0 bridgehead atoms. The van der Waals surface area contributed by atoms with Crippen LogP contribution in [0.5, 0.6) is 0 Å². The number of hydrogen-bond donors (Lipinski definition) is 2. The number of halogens is 2. The zero-order chi connectivity index (χ0) is 11.5. The molecule has 0 atom stereocenters. The first kappa shape index (κ1) is 10.7. The quantitative estimate of drug-likeness (QED) is 0.789. The van der Waals surface area contributed by atoms with E-state index in [-0.39, 0.29) is 5.82 Å². The van der Waals surface area contributed by atoms with Crippen molar-refractivity contribution in [2.45, 2.75) is 0 Å². The molecule has 0 aliphatic carbocycles. The first-order valence-electron chi connectivity index (χ1n) is 4.60. The van der Waals surface area contributed by atoms with Gasteiger partial charge in [0.15, 0.2) is 5.82 Å². The van der Waals surface area contributed by atoms with Crippen LogP contribution < -0.4 is 11.1 Å². The van der Waals surface area contributed by atoms with Crippen LogP contribution in [0.15, 0.2) is 36.4 Å². The third-order valence-corrected chi connectivity index (χ3v) is 2.19. The minimum atomic E-state index is -0.328. The van der Waals surface area contributed by atoms with Gasteiger partial charge in [-0.1, -0.05) is 17.7 Å². The van der Waals surface area contributed by atoms with Crippen molar-refractivity contribution in [3.63, 3.8) is 0 Å². The van der Waals surface area contributed by atoms with Gasteiger partial charge in [0.05, 0.1) is 5.69 Å². The second kappa shape index (κ2) is 4.37. The molecule has 1 heterocycles. The Hall–Kier alpha value is -1.81. The third-order valence-electron chi connectivity index (χ3n) is 1.98. The Labute approximate surface area is 97.1 Å². The van der Waals surface area contributed by atoms with Gasteiger partial charge in [-0.2, -0.15) is 0 Å². The molecule has 2 rings (SSSR count). The number of anilines is 3. The van der Waals surface area contributed by atoms with Gasteiger partial charge in [0.1, 0.15) is 11.0 Å². The molecule has 0 radical (unpaired) electrons. The molecule has 0 saturated carbocycles. The summed E-state index contributed by atoms with van der Waals surface area (Å²) in [4.78, 5) is 4.00. The van der Waals surface area contributed by atoms with E-state index in [9.17, 15) is 4.39 Å². The second-order valence-electron chi connectivity index (χ2n) is 3.21. The molecule has 82 valence electrons. The first-order chi connectivity index (χ1) is 7.65. The SMILES string of the molecule is Nc1ccc(Cl)nc1Nc1cccc(F)c1. The summed E-state index contributed by atoms with van der Waals surface area (Å²) in [6, 6.07) is 9.25. The molecule has 0 unspecified atom stereocenters. The van der Waals surface area contributed by atoms with Gasteiger partial charge in [-0.3, -0.25) is 0 Å². The van der Waals surface area contributed by atoms with Crippen LogP contribution in [0.25, 0.3) is 0 Å². The van der Waals surface area contributed by atoms with E-state index in [1.807, 2.05) is 0 Å². The Balaban J connectivity index is 2.30. The van der Waals surface area contributed by atoms with Crippen molar-refractivity contribution in [2.75, 3.05) is 11.1 Å². The van der Waals surface area contributed by atoms with Crippen LogP contribution in [0.4, 0.5) is 21.6 Å². The van der Waals surface area contributed by atoms with E-state index in [1.165, 1.54) is 12.1 Å². The molecule has 5 heteroatoms. The number of nitrogens with zero attached hydrogens (tertiary/aromatic N) is 1. The number of nitrogens with two attached hydrogens (primary N) is 1. The second-order valence-corrected chi connectivity index (χ2v) is 3.59. The standard InChI is InChI=1S/C11H9ClFN3/c12-10-5-4-9(14)11(16-10)15-8-3-1-2-7(13)6-8/h1-6H,14H2,(H,15,16). The number of aromatic nitrogens is 1. The van der Waals surface area contributed by atoms with Gasteiger partial charge in [0.25, 0.3) is 0 Å². The summed E-state index contributed by atoms with van der Waals surface area (Å²) in [7, 11) is 0. The van der Waals surface area contributed by atoms with Crippen LogP contribution in [0.2, 0.25) is 5.15 Å². The lowest BCUT2D eigenvalue weighted by atomic mass is 10.3. The molecule has 2 aromatic rings. The molecule has 0 aliphatic heterocycles. The summed E-state index contributed by atoms with van der Waals surface area (Å²) in [5.41, 5.74) is 6.72. The smallest absolute Gasteiger partial charge is 0.155 e. The van der Waals surface area contributed by atoms with Crippen molar-refractivity contribution in [3.8, 4) is 0 Å². The van der Waals surface area contributed by atoms with Crippen LogP contribution in [0, 0.1) is 5.82 Å². The van der Waals surface area contributed by atoms with E-state index in [1.54, 1.807) is 24.3 Å². The Bertz CT molecular complexity index is 516. The lowest BCUT2D eigenvalue weighted by Gasteiger charge is -2.08. The van der Waals surface area contributed by atoms with Gasteiger partial charge in [0, 0.05) is 5.69 Å². The largest absolute Gasteiger partial charge is 0.396 e. The molecular weight excluding hydrogens is 229 g/mol. The summed E-state index contributed by atoms with van der Waals surface area (Å²) >= 11 is 5.73. The molecule has 1 aromatic heterocycles. The maximum absolute atomic E-state index is 12.9. The predicted molar refractivity (Wildman–Crippen MR) is 63.3 cm³/mol. The summed E-state index contributed by atoms with van der Waals surface area (Å²) in [6.07, 6.45) is 0. The highest BCUT2D eigenvalue weighted by Crippen LogP contribution is 2.22. The molecule has 16 heavy (non-hydrogen) atoms. The van der Waals surface area contributed by atoms with Crippen molar-refractivity contribution >= 4 is 28.8 Å². The van der Waals surface area contributed by atoms with Crippen molar-refractivity contribution in [1.82, 2.24) is 4.98 Å². The maximum Gasteiger partial charge on any atom is 0.155 e. The molecule has 0 saturated heterocycles. The van der Waals surface area contributed by atoms with Crippen LogP contribution in [-0.4, -0.2) is 4.98 Å². The molecule has 3 N–H and O–H groups in total. The van der Waals surface area contributed by atoms with Gasteiger partial charge in [-0.05, 0) is 30.3 Å². The van der Waals surface area contributed by atoms with E-state index in [4.69, 9.17) is 17.3 Å². The van der Waals surface area contributed by atoms with Crippen LogP contribution in [0.3, 0.4) is 0 Å². The predicted octanol–water partition coefficient (Wildman–Crippen LogP) is 3.20. The molecule has 0 spiro atoms. The Morgan fingerprint density at radius 2 is 2.06 bits per heavy atom. The number of pyridine rings is 1. The van der Waals surface area contributed by atoms with E-state index in [0.717, 1.165) is 0 Å². The molecule has 1 aromatic carbocycles. The van der Waals surface area contributed by atoms with Gasteiger partial charge >= 0.3 is 0 Å². The maximum atomic E-state index is 12.9. The molecular formula is C11H9ClFN3. The van der Waals surface area contributed by atoms with Crippen molar-refractivity contribution in [1.29, 1.82) is 0 Å². The number of benzene rings is 1. The summed E-state index contributed by atoms with van der Waals surface area (Å²) in [5, 5.41) is 3.22. The Morgan fingerprint density at radius 3 is 2.81 bits per heavy atom. The highest BCUT2D eigenvalue weighted by Gasteiger charge is 2.03. The van der Waals surface area contributed by atoms with E-state index in [0.29, 0.717) is 22.3 Å². The zero-order valence-electron chi connectivity index (χ0n) is 8.24. The van der Waals surface area contributed by atoms with Crippen LogP contribution in [0.1, 0.15) is 0 Å². The van der Waals surface area contributed by atoms with Crippen LogP contribution in [-0.2, 0) is 0 Å². The fraction of sp³-hybridized carbons (Fsp3) is 0. The van der Waals surface area contributed by atoms with Crippen molar-refractivity contribution in [3.05, 3.63) is 47.4 Å². The topological polar surface area (TPSA) is 50.9 Å². The highest BCUT2D eigenvalue weighted by molar-refractivity contribution is 6.29. The van der Waals surface area contributed by atoms with Gasteiger partial charge in [-0.15, -0.1) is 0 Å². The van der Waals surface area contributed by atoms with Gasteiger partial charge in [0.2, 0.25) is 0 Å². The number of hydrogen-bond acceptors (Lipinski definition) is 3. The van der Waals surface area contributed by atoms with Gasteiger partial charge in [-0.25, -0.2) is 9.37 Å². The monoisotopic (exact) mass is 237 g/mol. The normalized spacial score (nSPS) is 10.1. The number of rotatable bonds is 2. The minimum absolute atomic E-state index is 0.327. The summed E-state index contributed by atoms with van der Waals surface area (Å²) < 4.78 is 12.9. The molecule has 0 fully saturated rings. The van der Waals surface area contributed by atoms with Gasteiger partial charge < -0.3 is 11.1 Å². The fourth-order valence-corrected chi connectivity index (χ4v) is 1.40. The van der Waals surface area contributed by atoms with E-state index >= 15 is 0 Å². The first-order valence-corrected chi connectivity index (χ1v) is 4.97. The molecule has 3 nitrogen and oxygen atoms in total.